The predicted octanol–water partition coefficient (Wildman–Crippen LogP) is -0.135. The molecule has 2 rings (SSSR count). The minimum atomic E-state index is -0.164. The molecule has 1 unspecified atom stereocenters. The molecule has 1 aromatic rings. The third-order valence-electron chi connectivity index (χ3n) is 2.92. The van der Waals surface area contributed by atoms with Gasteiger partial charge in [-0.05, 0) is 18.6 Å². The van der Waals surface area contributed by atoms with E-state index in [1.807, 2.05) is 17.9 Å². The Morgan fingerprint density at radius 1 is 1.69 bits per heavy atom. The Morgan fingerprint density at radius 3 is 3.25 bits per heavy atom. The second-order valence-electron chi connectivity index (χ2n) is 3.87. The highest BCUT2D eigenvalue weighted by molar-refractivity contribution is 5.86. The van der Waals surface area contributed by atoms with Crippen LogP contribution >= 0.6 is 0 Å². The number of nitrogens with two attached hydrogens (primary N) is 1. The lowest BCUT2D eigenvalue weighted by Gasteiger charge is -2.35. The minimum absolute atomic E-state index is 0.0538. The van der Waals surface area contributed by atoms with Crippen molar-refractivity contribution in [3.8, 4) is 0 Å². The molecule has 0 radical (unpaired) electrons. The van der Waals surface area contributed by atoms with E-state index in [9.17, 15) is 4.79 Å². The number of piperazine rings is 1. The molecule has 5 heteroatoms. The van der Waals surface area contributed by atoms with Crippen LogP contribution in [-0.2, 0) is 11.3 Å². The van der Waals surface area contributed by atoms with Crippen molar-refractivity contribution in [3.63, 3.8) is 0 Å². The van der Waals surface area contributed by atoms with E-state index >= 15 is 0 Å². The summed E-state index contributed by atoms with van der Waals surface area (Å²) in [6.45, 7) is 3.82. The number of hydrogen-bond donors (Lipinski definition) is 2. The molecule has 5 nitrogen and oxygen atoms in total. The molecular weight excluding hydrogens is 204 g/mol. The summed E-state index contributed by atoms with van der Waals surface area (Å²) in [6, 6.07) is 1.73. The Balaban J connectivity index is 2.32. The Bertz CT molecular complexity index is 393. The lowest BCUT2D eigenvalue weighted by molar-refractivity contribution is -0.122. The van der Waals surface area contributed by atoms with Gasteiger partial charge in [0, 0.05) is 25.8 Å². The average Bonchev–Trinajstić information content (AvgIpc) is 2.33. The van der Waals surface area contributed by atoms with Gasteiger partial charge in [0.05, 0.1) is 11.9 Å². The summed E-state index contributed by atoms with van der Waals surface area (Å²) in [4.78, 5) is 17.7. The SMILES string of the molecule is CC1C(=O)NCCN1c1cnccc1CN. The summed E-state index contributed by atoms with van der Waals surface area (Å²) in [6.07, 6.45) is 3.50. The minimum Gasteiger partial charge on any atom is -0.357 e. The number of nitrogens with one attached hydrogen (secondary N) is 1. The summed E-state index contributed by atoms with van der Waals surface area (Å²) >= 11 is 0. The van der Waals surface area contributed by atoms with Crippen molar-refractivity contribution >= 4 is 11.6 Å². The highest BCUT2D eigenvalue weighted by Crippen LogP contribution is 2.22. The van der Waals surface area contributed by atoms with Gasteiger partial charge in [0.25, 0.3) is 0 Å². The van der Waals surface area contributed by atoms with E-state index in [-0.39, 0.29) is 11.9 Å². The van der Waals surface area contributed by atoms with Gasteiger partial charge in [-0.15, -0.1) is 0 Å². The molecular formula is C11H16N4O. The number of hydrogen-bond acceptors (Lipinski definition) is 4. The van der Waals surface area contributed by atoms with Gasteiger partial charge in [-0.25, -0.2) is 0 Å². The van der Waals surface area contributed by atoms with E-state index in [0.717, 1.165) is 17.8 Å². The van der Waals surface area contributed by atoms with Crippen molar-refractivity contribution in [2.45, 2.75) is 19.5 Å². The van der Waals surface area contributed by atoms with E-state index in [1.54, 1.807) is 12.4 Å². The number of carbonyl (C=O) groups is 1. The van der Waals surface area contributed by atoms with Crippen molar-refractivity contribution in [2.75, 3.05) is 18.0 Å². The molecule has 0 aliphatic carbocycles. The highest BCUT2D eigenvalue weighted by Gasteiger charge is 2.26. The van der Waals surface area contributed by atoms with Crippen LogP contribution in [0.15, 0.2) is 18.5 Å². The van der Waals surface area contributed by atoms with Crippen LogP contribution in [0.2, 0.25) is 0 Å². The van der Waals surface area contributed by atoms with Crippen LogP contribution in [0.25, 0.3) is 0 Å². The van der Waals surface area contributed by atoms with E-state index in [4.69, 9.17) is 5.73 Å². The number of anilines is 1. The van der Waals surface area contributed by atoms with Gasteiger partial charge in [0.2, 0.25) is 5.91 Å². The number of pyridine rings is 1. The number of amides is 1. The van der Waals surface area contributed by atoms with Crippen LogP contribution in [-0.4, -0.2) is 30.0 Å². The molecule has 1 atom stereocenters. The van der Waals surface area contributed by atoms with Crippen molar-refractivity contribution in [1.82, 2.24) is 10.3 Å². The maximum atomic E-state index is 11.6. The fourth-order valence-corrected chi connectivity index (χ4v) is 1.96. The average molecular weight is 220 g/mol. The van der Waals surface area contributed by atoms with E-state index in [0.29, 0.717) is 13.1 Å². The maximum absolute atomic E-state index is 11.6. The molecule has 1 fully saturated rings. The molecule has 1 amide bonds. The molecule has 2 heterocycles. The smallest absolute Gasteiger partial charge is 0.242 e. The molecule has 1 saturated heterocycles. The van der Waals surface area contributed by atoms with Gasteiger partial charge >= 0.3 is 0 Å². The van der Waals surface area contributed by atoms with E-state index in [1.165, 1.54) is 0 Å². The molecule has 1 aliphatic heterocycles. The van der Waals surface area contributed by atoms with Gasteiger partial charge in [-0.3, -0.25) is 9.78 Å². The highest BCUT2D eigenvalue weighted by atomic mass is 16.2. The van der Waals surface area contributed by atoms with E-state index in [2.05, 4.69) is 10.3 Å². The maximum Gasteiger partial charge on any atom is 0.242 e. The lowest BCUT2D eigenvalue weighted by atomic mass is 10.1. The van der Waals surface area contributed by atoms with Crippen LogP contribution in [0.3, 0.4) is 0 Å². The Labute approximate surface area is 94.6 Å². The number of carbonyl (C=O) groups excluding carboxylic acids is 1. The first-order valence-electron chi connectivity index (χ1n) is 5.41. The second-order valence-corrected chi connectivity index (χ2v) is 3.87. The Morgan fingerprint density at radius 2 is 2.50 bits per heavy atom. The van der Waals surface area contributed by atoms with Gasteiger partial charge in [0.15, 0.2) is 0 Å². The quantitative estimate of drug-likeness (QED) is 0.728. The zero-order valence-electron chi connectivity index (χ0n) is 9.31. The summed E-state index contributed by atoms with van der Waals surface area (Å²) in [7, 11) is 0. The monoisotopic (exact) mass is 220 g/mol. The fourth-order valence-electron chi connectivity index (χ4n) is 1.96. The molecule has 1 aliphatic rings. The molecule has 1 aromatic heterocycles. The van der Waals surface area contributed by atoms with Crippen molar-refractivity contribution in [3.05, 3.63) is 24.0 Å². The summed E-state index contributed by atoms with van der Waals surface area (Å²) in [5.74, 6) is 0.0538. The van der Waals surface area contributed by atoms with Crippen LogP contribution < -0.4 is 16.0 Å². The van der Waals surface area contributed by atoms with Crippen molar-refractivity contribution in [1.29, 1.82) is 0 Å². The Kier molecular flexibility index (Phi) is 3.05. The molecule has 0 spiro atoms. The van der Waals surface area contributed by atoms with Crippen molar-refractivity contribution in [2.24, 2.45) is 5.73 Å². The fraction of sp³-hybridized carbons (Fsp3) is 0.455. The topological polar surface area (TPSA) is 71.2 Å². The molecule has 0 aromatic carbocycles. The number of nitrogens with zero attached hydrogens (tertiary/aromatic N) is 2. The standard InChI is InChI=1S/C11H16N4O/c1-8-11(16)14-4-5-15(8)10-7-13-3-2-9(10)6-12/h2-3,7-8H,4-6,12H2,1H3,(H,14,16). The van der Waals surface area contributed by atoms with Gasteiger partial charge < -0.3 is 16.0 Å². The van der Waals surface area contributed by atoms with Crippen LogP contribution in [0, 0.1) is 0 Å². The lowest BCUT2D eigenvalue weighted by Crippen LogP contribution is -2.54. The molecule has 86 valence electrons. The summed E-state index contributed by atoms with van der Waals surface area (Å²) < 4.78 is 0. The first-order chi connectivity index (χ1) is 7.74. The molecule has 3 N–H and O–H groups in total. The number of aromatic nitrogens is 1. The van der Waals surface area contributed by atoms with Gasteiger partial charge in [-0.1, -0.05) is 0 Å². The second kappa shape index (κ2) is 4.49. The molecule has 0 saturated carbocycles. The van der Waals surface area contributed by atoms with Crippen LogP contribution in [0.1, 0.15) is 12.5 Å². The zero-order chi connectivity index (χ0) is 11.5. The Hall–Kier alpha value is -1.62. The normalized spacial score (nSPS) is 20.8. The van der Waals surface area contributed by atoms with Crippen LogP contribution in [0.4, 0.5) is 5.69 Å². The first-order valence-corrected chi connectivity index (χ1v) is 5.41. The summed E-state index contributed by atoms with van der Waals surface area (Å²) in [5.41, 5.74) is 7.67. The zero-order valence-corrected chi connectivity index (χ0v) is 9.31. The number of rotatable bonds is 2. The van der Waals surface area contributed by atoms with Gasteiger partial charge in [-0.2, -0.15) is 0 Å². The third-order valence-corrected chi connectivity index (χ3v) is 2.92. The molecule has 16 heavy (non-hydrogen) atoms. The molecule has 0 bridgehead atoms. The van der Waals surface area contributed by atoms with Crippen LogP contribution in [0.5, 0.6) is 0 Å². The predicted molar refractivity (Wildman–Crippen MR) is 61.9 cm³/mol. The summed E-state index contributed by atoms with van der Waals surface area (Å²) in [5, 5.41) is 2.84. The van der Waals surface area contributed by atoms with E-state index < -0.39 is 0 Å². The third kappa shape index (κ3) is 1.86. The van der Waals surface area contributed by atoms with Crippen molar-refractivity contribution < 1.29 is 4.79 Å². The first kappa shape index (κ1) is 10.9. The largest absolute Gasteiger partial charge is 0.357 e. The van der Waals surface area contributed by atoms with Gasteiger partial charge in [0.1, 0.15) is 6.04 Å².